The van der Waals surface area contributed by atoms with E-state index in [1.54, 1.807) is 6.08 Å². The molecule has 1 saturated heterocycles. The molecule has 1 aromatic heterocycles. The molecule has 0 saturated carbocycles. The highest BCUT2D eigenvalue weighted by Crippen LogP contribution is 2.22. The maximum Gasteiger partial charge on any atom is 0.246 e. The number of benzene rings is 2. The fourth-order valence-corrected chi connectivity index (χ4v) is 3.35. The van der Waals surface area contributed by atoms with Gasteiger partial charge in [-0.05, 0) is 35.9 Å². The monoisotopic (exact) mass is 386 g/mol. The molecule has 29 heavy (non-hydrogen) atoms. The Hall–Kier alpha value is -3.60. The number of amides is 1. The number of nitrogens with zero attached hydrogens (tertiary/aromatic N) is 2. The number of H-pyrrole nitrogens is 1. The molecule has 0 bridgehead atoms. The van der Waals surface area contributed by atoms with E-state index in [1.165, 1.54) is 5.69 Å². The van der Waals surface area contributed by atoms with Crippen molar-refractivity contribution in [3.8, 4) is 11.5 Å². The van der Waals surface area contributed by atoms with E-state index in [4.69, 9.17) is 4.74 Å². The summed E-state index contributed by atoms with van der Waals surface area (Å²) in [7, 11) is 0. The number of piperazine rings is 1. The Labute approximate surface area is 170 Å². The number of pyridine rings is 1. The molecule has 5 heteroatoms. The van der Waals surface area contributed by atoms with Gasteiger partial charge in [0.15, 0.2) is 12.4 Å². The number of anilines is 1. The lowest BCUT2D eigenvalue weighted by Gasteiger charge is -2.35. The van der Waals surface area contributed by atoms with E-state index in [2.05, 4.69) is 22.0 Å². The zero-order valence-electron chi connectivity index (χ0n) is 16.2. The van der Waals surface area contributed by atoms with E-state index < -0.39 is 0 Å². The highest BCUT2D eigenvalue weighted by atomic mass is 16.5. The summed E-state index contributed by atoms with van der Waals surface area (Å²) < 4.78 is 5.86. The van der Waals surface area contributed by atoms with Gasteiger partial charge in [0.1, 0.15) is 11.5 Å². The zero-order chi connectivity index (χ0) is 19.9. The average molecular weight is 386 g/mol. The molecule has 3 aromatic rings. The number of para-hydroxylation sites is 1. The van der Waals surface area contributed by atoms with Gasteiger partial charge in [-0.25, -0.2) is 4.98 Å². The molecular formula is C24H24N3O2+. The van der Waals surface area contributed by atoms with Crippen LogP contribution in [0.25, 0.3) is 6.08 Å². The van der Waals surface area contributed by atoms with Crippen LogP contribution in [-0.4, -0.2) is 37.0 Å². The smallest absolute Gasteiger partial charge is 0.246 e. The van der Waals surface area contributed by atoms with Crippen LogP contribution >= 0.6 is 0 Å². The molecule has 1 N–H and O–H groups in total. The first-order chi connectivity index (χ1) is 14.3. The Morgan fingerprint density at radius 3 is 2.34 bits per heavy atom. The molecule has 1 fully saturated rings. The quantitative estimate of drug-likeness (QED) is 0.629. The highest BCUT2D eigenvalue weighted by molar-refractivity contribution is 5.92. The summed E-state index contributed by atoms with van der Waals surface area (Å²) in [6, 6.07) is 21.5. The molecule has 5 nitrogen and oxygen atoms in total. The molecule has 0 aliphatic carbocycles. The first-order valence-electron chi connectivity index (χ1n) is 9.79. The van der Waals surface area contributed by atoms with Crippen LogP contribution in [0.3, 0.4) is 0 Å². The van der Waals surface area contributed by atoms with Crippen molar-refractivity contribution in [3.05, 3.63) is 90.8 Å². The predicted molar refractivity (Wildman–Crippen MR) is 114 cm³/mol. The highest BCUT2D eigenvalue weighted by Gasteiger charge is 2.20. The number of carbonyl (C=O) groups excluding carboxylic acids is 1. The number of hydrogen-bond acceptors (Lipinski definition) is 3. The van der Waals surface area contributed by atoms with Gasteiger partial charge in [-0.3, -0.25) is 4.79 Å². The van der Waals surface area contributed by atoms with Gasteiger partial charge in [0.25, 0.3) is 0 Å². The van der Waals surface area contributed by atoms with Gasteiger partial charge in [0, 0.05) is 50.1 Å². The van der Waals surface area contributed by atoms with Crippen LogP contribution in [-0.2, 0) is 4.79 Å². The molecule has 0 spiro atoms. The molecular weight excluding hydrogens is 362 g/mol. The second kappa shape index (κ2) is 9.06. The van der Waals surface area contributed by atoms with Crippen molar-refractivity contribution in [2.24, 2.45) is 0 Å². The van der Waals surface area contributed by atoms with Gasteiger partial charge in [-0.2, -0.15) is 0 Å². The Morgan fingerprint density at radius 1 is 0.862 bits per heavy atom. The van der Waals surface area contributed by atoms with Crippen molar-refractivity contribution in [1.82, 2.24) is 4.90 Å². The van der Waals surface area contributed by atoms with E-state index >= 15 is 0 Å². The summed E-state index contributed by atoms with van der Waals surface area (Å²) in [6.07, 6.45) is 7.34. The van der Waals surface area contributed by atoms with E-state index in [1.807, 2.05) is 78.0 Å². The van der Waals surface area contributed by atoms with E-state index in [0.717, 1.165) is 43.2 Å². The lowest BCUT2D eigenvalue weighted by Crippen LogP contribution is -2.48. The second-order valence-corrected chi connectivity index (χ2v) is 6.89. The van der Waals surface area contributed by atoms with Crippen LogP contribution in [0.4, 0.5) is 5.69 Å². The van der Waals surface area contributed by atoms with Crippen molar-refractivity contribution in [2.45, 2.75) is 0 Å². The maximum atomic E-state index is 12.6. The molecule has 146 valence electrons. The average Bonchev–Trinajstić information content (AvgIpc) is 2.79. The number of rotatable bonds is 5. The summed E-state index contributed by atoms with van der Waals surface area (Å²) in [5, 5.41) is 0. The Bertz CT molecular complexity index is 966. The van der Waals surface area contributed by atoms with Gasteiger partial charge in [0.2, 0.25) is 5.91 Å². The number of ether oxygens (including phenoxy) is 1. The van der Waals surface area contributed by atoms with Crippen LogP contribution in [0.5, 0.6) is 11.5 Å². The third-order valence-electron chi connectivity index (χ3n) is 4.91. The number of carbonyl (C=O) groups is 1. The molecule has 0 unspecified atom stereocenters. The normalized spacial score (nSPS) is 14.2. The SMILES string of the molecule is O=C(/C=C/c1cccc(Oc2ccccc2)c1)N1CCN(c2cc[nH+]cc2)CC1. The Kier molecular flexibility index (Phi) is 5.86. The summed E-state index contributed by atoms with van der Waals surface area (Å²) >= 11 is 0. The van der Waals surface area contributed by atoms with Crippen molar-refractivity contribution in [3.63, 3.8) is 0 Å². The molecule has 2 aromatic carbocycles. The summed E-state index contributed by atoms with van der Waals surface area (Å²) in [4.78, 5) is 19.8. The lowest BCUT2D eigenvalue weighted by molar-refractivity contribution is -0.377. The van der Waals surface area contributed by atoms with Crippen LogP contribution in [0.2, 0.25) is 0 Å². The van der Waals surface area contributed by atoms with Gasteiger partial charge in [-0.1, -0.05) is 30.3 Å². The number of aromatic nitrogens is 1. The fourth-order valence-electron chi connectivity index (χ4n) is 3.35. The van der Waals surface area contributed by atoms with Crippen molar-refractivity contribution in [2.75, 3.05) is 31.1 Å². The van der Waals surface area contributed by atoms with Crippen molar-refractivity contribution >= 4 is 17.7 Å². The molecule has 0 radical (unpaired) electrons. The first-order valence-corrected chi connectivity index (χ1v) is 9.79. The van der Waals surface area contributed by atoms with Gasteiger partial charge >= 0.3 is 0 Å². The third kappa shape index (κ3) is 5.02. The predicted octanol–water partition coefficient (Wildman–Crippen LogP) is 3.66. The Balaban J connectivity index is 1.33. The summed E-state index contributed by atoms with van der Waals surface area (Å²) in [5.41, 5.74) is 2.12. The van der Waals surface area contributed by atoms with Crippen LogP contribution < -0.4 is 14.6 Å². The first kappa shape index (κ1) is 18.7. The van der Waals surface area contributed by atoms with E-state index in [0.29, 0.717) is 0 Å². The molecule has 1 aliphatic heterocycles. The molecule has 2 heterocycles. The standard InChI is InChI=1S/C24H23N3O2/c28-24(27-17-15-26(16-18-27)21-11-13-25-14-12-21)10-9-20-5-4-8-23(19-20)29-22-6-2-1-3-7-22/h1-14,19H,15-18H2/p+1/b10-9+. The van der Waals surface area contributed by atoms with E-state index in [-0.39, 0.29) is 5.91 Å². The lowest BCUT2D eigenvalue weighted by atomic mass is 10.2. The van der Waals surface area contributed by atoms with Gasteiger partial charge in [0.05, 0.1) is 0 Å². The largest absolute Gasteiger partial charge is 0.457 e. The maximum absolute atomic E-state index is 12.6. The zero-order valence-corrected chi connectivity index (χ0v) is 16.2. The third-order valence-corrected chi connectivity index (χ3v) is 4.91. The van der Waals surface area contributed by atoms with Crippen molar-refractivity contribution < 1.29 is 14.5 Å². The van der Waals surface area contributed by atoms with Crippen LogP contribution in [0.1, 0.15) is 5.56 Å². The Morgan fingerprint density at radius 2 is 1.59 bits per heavy atom. The minimum Gasteiger partial charge on any atom is -0.457 e. The minimum absolute atomic E-state index is 0.0421. The molecule has 4 rings (SSSR count). The molecule has 0 atom stereocenters. The topological polar surface area (TPSA) is 46.9 Å². The van der Waals surface area contributed by atoms with Crippen LogP contribution in [0.15, 0.2) is 85.2 Å². The second-order valence-electron chi connectivity index (χ2n) is 6.89. The molecule has 1 aliphatic rings. The van der Waals surface area contributed by atoms with Gasteiger partial charge < -0.3 is 14.5 Å². The van der Waals surface area contributed by atoms with Gasteiger partial charge in [-0.15, -0.1) is 0 Å². The number of aromatic amines is 1. The van der Waals surface area contributed by atoms with Crippen LogP contribution in [0, 0.1) is 0 Å². The summed E-state index contributed by atoms with van der Waals surface area (Å²) in [6.45, 7) is 3.12. The fraction of sp³-hybridized carbons (Fsp3) is 0.167. The van der Waals surface area contributed by atoms with Crippen molar-refractivity contribution in [1.29, 1.82) is 0 Å². The minimum atomic E-state index is 0.0421. The molecule has 1 amide bonds. The number of hydrogen-bond donors (Lipinski definition) is 0. The summed E-state index contributed by atoms with van der Waals surface area (Å²) in [5.74, 6) is 1.58. The van der Waals surface area contributed by atoms with E-state index in [9.17, 15) is 4.79 Å². The number of nitrogens with one attached hydrogen (secondary N) is 1.